The van der Waals surface area contributed by atoms with E-state index in [1.807, 2.05) is 0 Å². The van der Waals surface area contributed by atoms with Crippen LogP contribution in [0.5, 0.6) is 0 Å². The molecule has 0 spiro atoms. The summed E-state index contributed by atoms with van der Waals surface area (Å²) in [5, 5.41) is 10.8. The molecular weight excluding hydrogens is 213 g/mol. The number of carbonyl (C=O) groups excluding carboxylic acids is 1. The maximum absolute atomic E-state index is 11.6. The van der Waals surface area contributed by atoms with E-state index in [1.54, 1.807) is 0 Å². The summed E-state index contributed by atoms with van der Waals surface area (Å²) in [6.45, 7) is -0.613. The quantitative estimate of drug-likeness (QED) is 0.302. The van der Waals surface area contributed by atoms with Crippen molar-refractivity contribution in [3.8, 4) is 0 Å². The van der Waals surface area contributed by atoms with Crippen molar-refractivity contribution in [2.45, 2.75) is 0 Å². The lowest BCUT2D eigenvalue weighted by molar-refractivity contribution is -0.132. The second-order valence-electron chi connectivity index (χ2n) is 2.20. The van der Waals surface area contributed by atoms with Crippen molar-refractivity contribution in [2.75, 3.05) is 13.2 Å². The van der Waals surface area contributed by atoms with Crippen LogP contribution in [0.4, 0.5) is 4.39 Å². The summed E-state index contributed by atoms with van der Waals surface area (Å²) in [6, 6.07) is 0. The number of carboxylic acid groups (broad SMARTS) is 1. The number of nitrogens with one attached hydrogen (secondary N) is 1. The monoisotopic (exact) mass is 221 g/mol. The third-order valence-electron chi connectivity index (χ3n) is 1.15. The van der Waals surface area contributed by atoms with Crippen LogP contribution in [-0.2, 0) is 9.59 Å². The van der Waals surface area contributed by atoms with Gasteiger partial charge in [-0.05, 0) is 6.08 Å². The summed E-state index contributed by atoms with van der Waals surface area (Å²) in [5.74, 6) is -1.25. The molecule has 14 heavy (non-hydrogen) atoms. The fourth-order valence-electron chi connectivity index (χ4n) is 0.584. The standard InChI is InChI=1S/C8H9ClFNO3/c9-7(5-12)3-6(8(13)14)4-11-2-1-10/h3-5,11H,1-2H2,(H,13,14). The summed E-state index contributed by atoms with van der Waals surface area (Å²) in [7, 11) is 0. The molecule has 0 aliphatic heterocycles. The molecule has 2 N–H and O–H groups in total. The minimum atomic E-state index is -1.25. The Bertz CT molecular complexity index is 276. The Hall–Kier alpha value is -1.36. The van der Waals surface area contributed by atoms with E-state index in [0.717, 1.165) is 12.3 Å². The Morgan fingerprint density at radius 1 is 1.57 bits per heavy atom. The fraction of sp³-hybridized carbons (Fsp3) is 0.250. The molecule has 78 valence electrons. The molecule has 0 aliphatic rings. The number of carboxylic acids is 1. The number of alkyl halides is 1. The molecule has 0 aromatic rings. The van der Waals surface area contributed by atoms with Gasteiger partial charge in [0.1, 0.15) is 6.67 Å². The summed E-state index contributed by atoms with van der Waals surface area (Å²) < 4.78 is 11.6. The van der Waals surface area contributed by atoms with Crippen LogP contribution in [0.25, 0.3) is 0 Å². The molecule has 0 heterocycles. The van der Waals surface area contributed by atoms with Crippen LogP contribution < -0.4 is 5.32 Å². The zero-order valence-electron chi connectivity index (χ0n) is 7.17. The van der Waals surface area contributed by atoms with Crippen molar-refractivity contribution in [1.82, 2.24) is 5.32 Å². The SMILES string of the molecule is O=CC(Cl)=CC(=CNCCF)C(=O)O. The molecule has 6 heteroatoms. The number of carbonyl (C=O) groups is 2. The van der Waals surface area contributed by atoms with Gasteiger partial charge in [-0.25, -0.2) is 9.18 Å². The molecule has 0 atom stereocenters. The number of hydrogen-bond donors (Lipinski definition) is 2. The van der Waals surface area contributed by atoms with Gasteiger partial charge in [-0.2, -0.15) is 0 Å². The lowest BCUT2D eigenvalue weighted by Crippen LogP contribution is -2.12. The zero-order chi connectivity index (χ0) is 11.0. The van der Waals surface area contributed by atoms with Gasteiger partial charge in [0, 0.05) is 12.7 Å². The summed E-state index contributed by atoms with van der Waals surface area (Å²) in [4.78, 5) is 20.6. The maximum Gasteiger partial charge on any atom is 0.337 e. The molecule has 4 nitrogen and oxygen atoms in total. The highest BCUT2D eigenvalue weighted by Crippen LogP contribution is 2.03. The number of halogens is 2. The van der Waals surface area contributed by atoms with E-state index in [2.05, 4.69) is 5.32 Å². The second-order valence-corrected chi connectivity index (χ2v) is 2.63. The van der Waals surface area contributed by atoms with E-state index in [1.165, 1.54) is 0 Å². The largest absolute Gasteiger partial charge is 0.478 e. The number of hydrogen-bond acceptors (Lipinski definition) is 3. The minimum Gasteiger partial charge on any atom is -0.478 e. The minimum absolute atomic E-state index is 0.00330. The highest BCUT2D eigenvalue weighted by Gasteiger charge is 2.04. The van der Waals surface area contributed by atoms with Gasteiger partial charge in [0.05, 0.1) is 10.6 Å². The molecule has 0 rings (SSSR count). The number of allylic oxidation sites excluding steroid dienone is 1. The first kappa shape index (κ1) is 12.6. The molecule has 0 aromatic carbocycles. The molecule has 0 amide bonds. The fourth-order valence-corrected chi connectivity index (χ4v) is 0.702. The first-order chi connectivity index (χ1) is 6.61. The topological polar surface area (TPSA) is 66.4 Å². The van der Waals surface area contributed by atoms with Crippen molar-refractivity contribution in [3.63, 3.8) is 0 Å². The van der Waals surface area contributed by atoms with Crippen molar-refractivity contribution in [3.05, 3.63) is 22.9 Å². The van der Waals surface area contributed by atoms with Gasteiger partial charge in [-0.1, -0.05) is 11.6 Å². The molecule has 0 saturated heterocycles. The maximum atomic E-state index is 11.6. The van der Waals surface area contributed by atoms with E-state index >= 15 is 0 Å². The van der Waals surface area contributed by atoms with Crippen molar-refractivity contribution < 1.29 is 19.1 Å². The van der Waals surface area contributed by atoms with Gasteiger partial charge in [0.2, 0.25) is 0 Å². The average molecular weight is 222 g/mol. The van der Waals surface area contributed by atoms with Gasteiger partial charge in [0.15, 0.2) is 6.29 Å². The van der Waals surface area contributed by atoms with Gasteiger partial charge >= 0.3 is 5.97 Å². The van der Waals surface area contributed by atoms with Gasteiger partial charge < -0.3 is 10.4 Å². The second kappa shape index (κ2) is 7.08. The predicted octanol–water partition coefficient (Wildman–Crippen LogP) is 0.836. The van der Waals surface area contributed by atoms with Crippen LogP contribution in [0.3, 0.4) is 0 Å². The molecule has 0 bridgehead atoms. The number of rotatable bonds is 6. The number of aldehydes is 1. The summed E-state index contributed by atoms with van der Waals surface area (Å²) in [5.41, 5.74) is -0.212. The van der Waals surface area contributed by atoms with Crippen LogP contribution in [0.1, 0.15) is 0 Å². The van der Waals surface area contributed by atoms with Crippen molar-refractivity contribution in [1.29, 1.82) is 0 Å². The average Bonchev–Trinajstić information content (AvgIpc) is 2.16. The Kier molecular flexibility index (Phi) is 6.39. The first-order valence-corrected chi connectivity index (χ1v) is 4.04. The number of aliphatic carboxylic acids is 1. The molecule has 0 aliphatic carbocycles. The van der Waals surface area contributed by atoms with E-state index < -0.39 is 12.6 Å². The summed E-state index contributed by atoms with van der Waals surface area (Å²) in [6.07, 6.45) is 2.36. The Labute approximate surface area is 85.1 Å². The Morgan fingerprint density at radius 2 is 2.21 bits per heavy atom. The molecular formula is C8H9ClFNO3. The molecule has 0 radical (unpaired) electrons. The van der Waals surface area contributed by atoms with Gasteiger partial charge in [-0.3, -0.25) is 4.79 Å². The molecule has 0 fully saturated rings. The highest BCUT2D eigenvalue weighted by atomic mass is 35.5. The first-order valence-electron chi connectivity index (χ1n) is 3.67. The van der Waals surface area contributed by atoms with Crippen LogP contribution in [0, 0.1) is 0 Å². The zero-order valence-corrected chi connectivity index (χ0v) is 7.92. The van der Waals surface area contributed by atoms with Crippen molar-refractivity contribution in [2.24, 2.45) is 0 Å². The molecule has 0 aromatic heterocycles. The summed E-state index contributed by atoms with van der Waals surface area (Å²) >= 11 is 5.30. The van der Waals surface area contributed by atoms with Crippen LogP contribution in [0.15, 0.2) is 22.9 Å². The Balaban J connectivity index is 4.52. The van der Waals surface area contributed by atoms with E-state index in [0.29, 0.717) is 6.29 Å². The van der Waals surface area contributed by atoms with Gasteiger partial charge in [0.25, 0.3) is 0 Å². The predicted molar refractivity (Wildman–Crippen MR) is 49.7 cm³/mol. The van der Waals surface area contributed by atoms with Gasteiger partial charge in [-0.15, -0.1) is 0 Å². The van der Waals surface area contributed by atoms with Crippen LogP contribution in [-0.4, -0.2) is 30.6 Å². The molecule has 0 unspecified atom stereocenters. The lowest BCUT2D eigenvalue weighted by Gasteiger charge is -1.97. The van der Waals surface area contributed by atoms with E-state index in [9.17, 15) is 14.0 Å². The van der Waals surface area contributed by atoms with E-state index in [-0.39, 0.29) is 17.2 Å². The third kappa shape index (κ3) is 5.31. The molecule has 0 saturated carbocycles. The lowest BCUT2D eigenvalue weighted by atomic mass is 10.2. The highest BCUT2D eigenvalue weighted by molar-refractivity contribution is 6.39. The van der Waals surface area contributed by atoms with Crippen LogP contribution in [0.2, 0.25) is 0 Å². The normalized spacial score (nSPS) is 12.4. The smallest absolute Gasteiger partial charge is 0.337 e. The van der Waals surface area contributed by atoms with Crippen LogP contribution >= 0.6 is 11.6 Å². The van der Waals surface area contributed by atoms with E-state index in [4.69, 9.17) is 16.7 Å². The van der Waals surface area contributed by atoms with Crippen molar-refractivity contribution >= 4 is 23.9 Å². The third-order valence-corrected chi connectivity index (χ3v) is 1.35. The Morgan fingerprint density at radius 3 is 2.64 bits per heavy atom.